The molecule has 1 aromatic heterocycles. The molecule has 1 saturated heterocycles. The third kappa shape index (κ3) is 3.31. The molecule has 4 aliphatic rings. The Bertz CT molecular complexity index is 1330. The van der Waals surface area contributed by atoms with Crippen LogP contribution in [0.5, 0.6) is 11.5 Å². The van der Waals surface area contributed by atoms with Crippen molar-refractivity contribution in [3.05, 3.63) is 59.3 Å². The van der Waals surface area contributed by atoms with E-state index < -0.39 is 12.1 Å². The van der Waals surface area contributed by atoms with Gasteiger partial charge in [0, 0.05) is 23.0 Å². The van der Waals surface area contributed by atoms with Crippen LogP contribution in [0.2, 0.25) is 0 Å². The van der Waals surface area contributed by atoms with Crippen molar-refractivity contribution in [1.82, 2.24) is 14.9 Å². The molecular formula is C27H27N3O5. The highest BCUT2D eigenvalue weighted by molar-refractivity contribution is 5.97. The van der Waals surface area contributed by atoms with Gasteiger partial charge in [-0.05, 0) is 42.2 Å². The fraction of sp³-hybridized carbons (Fsp3) is 0.407. The molecule has 8 nitrogen and oxygen atoms in total. The fourth-order valence-electron chi connectivity index (χ4n) is 6.11. The van der Waals surface area contributed by atoms with Gasteiger partial charge in [-0.15, -0.1) is 0 Å². The summed E-state index contributed by atoms with van der Waals surface area (Å²) in [4.78, 5) is 38.8. The first kappa shape index (κ1) is 20.8. The van der Waals surface area contributed by atoms with Gasteiger partial charge in [-0.3, -0.25) is 14.4 Å². The summed E-state index contributed by atoms with van der Waals surface area (Å²) >= 11 is 0. The Balaban J connectivity index is 1.32. The molecule has 2 amide bonds. The van der Waals surface area contributed by atoms with Crippen LogP contribution in [0, 0.1) is 0 Å². The van der Waals surface area contributed by atoms with Crippen LogP contribution in [-0.2, 0) is 20.8 Å². The van der Waals surface area contributed by atoms with E-state index in [1.807, 2.05) is 36.4 Å². The molecule has 0 spiro atoms. The zero-order chi connectivity index (χ0) is 23.5. The third-order valence-electron chi connectivity index (χ3n) is 7.77. The maximum atomic E-state index is 13.8. The van der Waals surface area contributed by atoms with Gasteiger partial charge in [0.1, 0.15) is 12.6 Å². The van der Waals surface area contributed by atoms with Gasteiger partial charge >= 0.3 is 0 Å². The molecule has 3 aromatic rings. The number of benzene rings is 2. The van der Waals surface area contributed by atoms with Crippen LogP contribution < -0.4 is 9.47 Å². The fourth-order valence-corrected chi connectivity index (χ4v) is 6.11. The lowest BCUT2D eigenvalue weighted by Gasteiger charge is -2.47. The minimum absolute atomic E-state index is 0.00365. The number of carbonyl (C=O) groups excluding carboxylic acids is 2. The van der Waals surface area contributed by atoms with E-state index in [0.717, 1.165) is 53.4 Å². The molecule has 7 rings (SSSR count). The number of aromatic nitrogens is 1. The number of nitrogens with zero attached hydrogens (tertiary/aromatic N) is 2. The van der Waals surface area contributed by atoms with Crippen LogP contribution in [0.15, 0.2) is 42.5 Å². The van der Waals surface area contributed by atoms with Crippen molar-refractivity contribution in [1.29, 1.82) is 0 Å². The number of para-hydroxylation sites is 1. The molecule has 8 heteroatoms. The lowest BCUT2D eigenvalue weighted by Crippen LogP contribution is -2.63. The van der Waals surface area contributed by atoms with E-state index in [9.17, 15) is 9.59 Å². The highest BCUT2D eigenvalue weighted by atomic mass is 16.7. The summed E-state index contributed by atoms with van der Waals surface area (Å²) in [7, 11) is 0. The molecular weight excluding hydrogens is 446 g/mol. The molecule has 0 unspecified atom stereocenters. The topological polar surface area (TPSA) is 84.1 Å². The van der Waals surface area contributed by atoms with Crippen molar-refractivity contribution < 1.29 is 23.9 Å². The second-order valence-corrected chi connectivity index (χ2v) is 9.84. The first-order chi connectivity index (χ1) is 17.2. The predicted molar refractivity (Wildman–Crippen MR) is 127 cm³/mol. The quantitative estimate of drug-likeness (QED) is 0.625. The second kappa shape index (κ2) is 8.02. The third-order valence-corrected chi connectivity index (χ3v) is 7.77. The molecule has 35 heavy (non-hydrogen) atoms. The van der Waals surface area contributed by atoms with E-state index >= 15 is 0 Å². The Morgan fingerprint density at radius 3 is 2.69 bits per heavy atom. The summed E-state index contributed by atoms with van der Waals surface area (Å²) in [6.45, 7) is 0.112. The number of rotatable bonds is 3. The first-order valence-corrected chi connectivity index (χ1v) is 12.5. The Labute approximate surface area is 202 Å². The van der Waals surface area contributed by atoms with E-state index in [1.54, 1.807) is 4.90 Å². The molecule has 4 heterocycles. The molecule has 0 radical (unpaired) electrons. The minimum atomic E-state index is -0.623. The first-order valence-electron chi connectivity index (χ1n) is 12.5. The van der Waals surface area contributed by atoms with Crippen molar-refractivity contribution in [2.75, 3.05) is 13.3 Å². The smallest absolute Gasteiger partial charge is 0.269 e. The van der Waals surface area contributed by atoms with Gasteiger partial charge in [0.25, 0.3) is 5.91 Å². The summed E-state index contributed by atoms with van der Waals surface area (Å²) in [5, 5.41) is 2.43. The van der Waals surface area contributed by atoms with Gasteiger partial charge in [0.15, 0.2) is 11.5 Å². The van der Waals surface area contributed by atoms with E-state index in [4.69, 9.17) is 14.3 Å². The van der Waals surface area contributed by atoms with Crippen LogP contribution in [-0.4, -0.2) is 52.2 Å². The molecule has 3 aliphatic heterocycles. The maximum absolute atomic E-state index is 13.8. The number of carbonyl (C=O) groups is 2. The maximum Gasteiger partial charge on any atom is 0.269 e. The van der Waals surface area contributed by atoms with E-state index in [2.05, 4.69) is 11.1 Å². The number of hydrogen-bond acceptors (Lipinski definition) is 5. The van der Waals surface area contributed by atoms with Crippen molar-refractivity contribution in [3.63, 3.8) is 0 Å². The number of amides is 2. The SMILES string of the molecule is O=C1[C@H]2Cc3c([nH]c4ccccc34)[C@@H](c3ccc4c(c3)OCO4)N2C(=O)CN1OC1CCCCC1. The van der Waals surface area contributed by atoms with Gasteiger partial charge in [0.05, 0.1) is 12.1 Å². The number of aromatic amines is 1. The molecule has 2 aromatic carbocycles. The minimum Gasteiger partial charge on any atom is -0.454 e. The highest BCUT2D eigenvalue weighted by Gasteiger charge is 2.49. The predicted octanol–water partition coefficient (Wildman–Crippen LogP) is 3.85. The number of nitrogens with one attached hydrogen (secondary N) is 1. The number of piperazine rings is 1. The van der Waals surface area contributed by atoms with Gasteiger partial charge in [-0.1, -0.05) is 43.5 Å². The lowest BCUT2D eigenvalue weighted by atomic mass is 9.86. The number of hydroxylamine groups is 2. The Morgan fingerprint density at radius 1 is 0.971 bits per heavy atom. The van der Waals surface area contributed by atoms with Crippen LogP contribution in [0.3, 0.4) is 0 Å². The monoisotopic (exact) mass is 473 g/mol. The molecule has 0 bridgehead atoms. The van der Waals surface area contributed by atoms with Gasteiger partial charge in [-0.25, -0.2) is 5.06 Å². The number of H-pyrrole nitrogens is 1. The second-order valence-electron chi connectivity index (χ2n) is 9.84. The van der Waals surface area contributed by atoms with Gasteiger partial charge < -0.3 is 19.4 Å². The normalized spacial score (nSPS) is 24.1. The summed E-state index contributed by atoms with van der Waals surface area (Å²) in [5.41, 5.74) is 3.90. The van der Waals surface area contributed by atoms with Crippen LogP contribution in [0.25, 0.3) is 10.9 Å². The van der Waals surface area contributed by atoms with E-state index in [-0.39, 0.29) is 31.3 Å². The average Bonchev–Trinajstić information content (AvgIpc) is 3.50. The van der Waals surface area contributed by atoms with Crippen LogP contribution >= 0.6 is 0 Å². The summed E-state index contributed by atoms with van der Waals surface area (Å²) in [6.07, 6.45) is 5.71. The number of fused-ring (bicyclic) bond motifs is 5. The van der Waals surface area contributed by atoms with Crippen molar-refractivity contribution in [2.45, 2.75) is 56.7 Å². The largest absolute Gasteiger partial charge is 0.454 e. The zero-order valence-electron chi connectivity index (χ0n) is 19.4. The molecule has 2 fully saturated rings. The Morgan fingerprint density at radius 2 is 1.80 bits per heavy atom. The average molecular weight is 474 g/mol. The summed E-state index contributed by atoms with van der Waals surface area (Å²) < 4.78 is 11.1. The lowest BCUT2D eigenvalue weighted by molar-refractivity contribution is -0.226. The zero-order valence-corrected chi connectivity index (χ0v) is 19.4. The molecule has 1 saturated carbocycles. The molecule has 180 valence electrons. The van der Waals surface area contributed by atoms with Gasteiger partial charge in [0.2, 0.25) is 12.7 Å². The molecule has 2 atom stereocenters. The van der Waals surface area contributed by atoms with Crippen LogP contribution in [0.4, 0.5) is 0 Å². The van der Waals surface area contributed by atoms with Crippen molar-refractivity contribution in [3.8, 4) is 11.5 Å². The summed E-state index contributed by atoms with van der Waals surface area (Å²) in [6, 6.07) is 12.8. The Kier molecular flexibility index (Phi) is 4.77. The summed E-state index contributed by atoms with van der Waals surface area (Å²) in [5.74, 6) is 1.08. The number of hydrogen-bond donors (Lipinski definition) is 1. The number of ether oxygens (including phenoxy) is 2. The van der Waals surface area contributed by atoms with E-state index in [0.29, 0.717) is 17.9 Å². The van der Waals surface area contributed by atoms with Crippen molar-refractivity contribution in [2.24, 2.45) is 0 Å². The van der Waals surface area contributed by atoms with Crippen LogP contribution in [0.1, 0.15) is 55.0 Å². The van der Waals surface area contributed by atoms with Gasteiger partial charge in [-0.2, -0.15) is 0 Å². The standard InChI is InChI=1S/C27H27N3O5/c31-24-14-29(35-17-6-2-1-3-7-17)27(32)21-13-19-18-8-4-5-9-20(18)28-25(19)26(30(21)24)16-10-11-22-23(12-16)34-15-33-22/h4-5,8-12,17,21,26,28H,1-3,6-7,13-15H2/t21-,26-/m1/s1. The van der Waals surface area contributed by atoms with Crippen molar-refractivity contribution >= 4 is 22.7 Å². The van der Waals surface area contributed by atoms with E-state index in [1.165, 1.54) is 11.5 Å². The Hall–Kier alpha value is -3.52. The highest BCUT2D eigenvalue weighted by Crippen LogP contribution is 2.45. The molecule has 1 N–H and O–H groups in total. The molecule has 1 aliphatic carbocycles.